The number of carbonyl (C=O) groups is 1. The minimum atomic E-state index is -0.237. The van der Waals surface area contributed by atoms with Crippen molar-refractivity contribution < 1.29 is 9.18 Å². The molecular formula is C25H32FN3OS. The molecule has 2 heterocycles. The van der Waals surface area contributed by atoms with Gasteiger partial charge < -0.3 is 10.2 Å². The molecule has 2 aromatic carbocycles. The molecule has 4 rings (SSSR count). The number of carbonyl (C=O) groups excluding carboxylic acids is 1. The first kappa shape index (κ1) is 22.2. The summed E-state index contributed by atoms with van der Waals surface area (Å²) in [6.45, 7) is 5.22. The van der Waals surface area contributed by atoms with Gasteiger partial charge in [-0.3, -0.25) is 9.69 Å². The van der Waals surface area contributed by atoms with Gasteiger partial charge in [0, 0.05) is 56.0 Å². The molecule has 2 aliphatic rings. The van der Waals surface area contributed by atoms with Crippen LogP contribution in [-0.4, -0.2) is 61.1 Å². The summed E-state index contributed by atoms with van der Waals surface area (Å²) in [5.74, 6) is 2.32. The number of halogens is 1. The lowest BCUT2D eigenvalue weighted by Gasteiger charge is -2.40. The van der Waals surface area contributed by atoms with Gasteiger partial charge in [-0.25, -0.2) is 4.39 Å². The van der Waals surface area contributed by atoms with Gasteiger partial charge >= 0.3 is 0 Å². The van der Waals surface area contributed by atoms with E-state index in [2.05, 4.69) is 51.1 Å². The molecule has 1 amide bonds. The Bertz CT molecular complexity index is 846. The summed E-state index contributed by atoms with van der Waals surface area (Å²) in [6.07, 6.45) is 3.48. The maximum absolute atomic E-state index is 13.2. The Kier molecular flexibility index (Phi) is 7.86. The average molecular weight is 442 g/mol. The van der Waals surface area contributed by atoms with Crippen molar-refractivity contribution in [2.45, 2.75) is 31.7 Å². The van der Waals surface area contributed by atoms with E-state index in [-0.39, 0.29) is 11.7 Å². The van der Waals surface area contributed by atoms with Gasteiger partial charge in [-0.2, -0.15) is 11.8 Å². The number of hydrogen-bond donors (Lipinski definition) is 1. The minimum absolute atomic E-state index is 0.00432. The van der Waals surface area contributed by atoms with E-state index in [0.29, 0.717) is 19.4 Å². The number of amides is 1. The smallest absolute Gasteiger partial charge is 0.224 e. The molecule has 31 heavy (non-hydrogen) atoms. The van der Waals surface area contributed by atoms with Crippen LogP contribution in [0.3, 0.4) is 0 Å². The quantitative estimate of drug-likeness (QED) is 0.710. The van der Waals surface area contributed by atoms with E-state index in [0.717, 1.165) is 30.3 Å². The highest BCUT2D eigenvalue weighted by Crippen LogP contribution is 2.24. The van der Waals surface area contributed by atoms with Crippen LogP contribution in [0, 0.1) is 5.82 Å². The highest BCUT2D eigenvalue weighted by Gasteiger charge is 2.25. The zero-order valence-electron chi connectivity index (χ0n) is 18.1. The summed E-state index contributed by atoms with van der Waals surface area (Å²) in [7, 11) is 0. The third-order valence-electron chi connectivity index (χ3n) is 6.32. The molecule has 0 aromatic heterocycles. The van der Waals surface area contributed by atoms with Crippen molar-refractivity contribution in [3.05, 3.63) is 65.5 Å². The van der Waals surface area contributed by atoms with Crippen LogP contribution in [-0.2, 0) is 17.6 Å². The molecule has 1 N–H and O–H groups in total. The van der Waals surface area contributed by atoms with Gasteiger partial charge in [0.2, 0.25) is 5.91 Å². The number of nitrogens with one attached hydrogen (secondary N) is 1. The van der Waals surface area contributed by atoms with Crippen molar-refractivity contribution in [1.82, 2.24) is 10.2 Å². The Morgan fingerprint density at radius 3 is 2.45 bits per heavy atom. The van der Waals surface area contributed by atoms with Crippen molar-refractivity contribution in [3.63, 3.8) is 0 Å². The number of thioether (sulfide) groups is 1. The van der Waals surface area contributed by atoms with Crippen LogP contribution >= 0.6 is 11.8 Å². The summed E-state index contributed by atoms with van der Waals surface area (Å²) < 4.78 is 13.2. The lowest BCUT2D eigenvalue weighted by Crippen LogP contribution is -2.47. The zero-order chi connectivity index (χ0) is 21.5. The summed E-state index contributed by atoms with van der Waals surface area (Å²) in [6, 6.07) is 15.7. The number of hydrogen-bond acceptors (Lipinski definition) is 4. The summed E-state index contributed by atoms with van der Waals surface area (Å²) in [5.41, 5.74) is 3.17. The predicted octanol–water partition coefficient (Wildman–Crippen LogP) is 3.74. The second kappa shape index (κ2) is 11.0. The first-order valence-corrected chi connectivity index (χ1v) is 12.5. The number of anilines is 1. The van der Waals surface area contributed by atoms with Crippen LogP contribution in [0.4, 0.5) is 10.1 Å². The molecular weight excluding hydrogens is 409 g/mol. The number of rotatable bonds is 7. The molecule has 4 nitrogen and oxygen atoms in total. The van der Waals surface area contributed by atoms with E-state index in [4.69, 9.17) is 0 Å². The first-order chi connectivity index (χ1) is 15.2. The molecule has 2 saturated heterocycles. The van der Waals surface area contributed by atoms with Crippen LogP contribution in [0.5, 0.6) is 0 Å². The third kappa shape index (κ3) is 6.47. The van der Waals surface area contributed by atoms with E-state index in [1.165, 1.54) is 55.3 Å². The van der Waals surface area contributed by atoms with Crippen molar-refractivity contribution in [3.8, 4) is 0 Å². The van der Waals surface area contributed by atoms with Crippen molar-refractivity contribution in [1.29, 1.82) is 0 Å². The fourth-order valence-corrected chi connectivity index (χ4v) is 5.47. The molecule has 2 aliphatic heterocycles. The fraction of sp³-hybridized carbons (Fsp3) is 0.480. The van der Waals surface area contributed by atoms with Crippen LogP contribution < -0.4 is 10.2 Å². The molecule has 0 atom stereocenters. The molecule has 0 bridgehead atoms. The van der Waals surface area contributed by atoms with E-state index in [9.17, 15) is 9.18 Å². The van der Waals surface area contributed by atoms with Crippen molar-refractivity contribution >= 4 is 23.4 Å². The van der Waals surface area contributed by atoms with Crippen molar-refractivity contribution in [2.75, 3.05) is 49.1 Å². The van der Waals surface area contributed by atoms with Crippen LogP contribution in [0.25, 0.3) is 0 Å². The van der Waals surface area contributed by atoms with Gasteiger partial charge in [-0.05, 0) is 54.7 Å². The summed E-state index contributed by atoms with van der Waals surface area (Å²) in [4.78, 5) is 17.4. The number of nitrogens with zero attached hydrogens (tertiary/aromatic N) is 2. The maximum atomic E-state index is 13.2. The monoisotopic (exact) mass is 441 g/mol. The highest BCUT2D eigenvalue weighted by molar-refractivity contribution is 7.99. The second-order valence-corrected chi connectivity index (χ2v) is 9.66. The van der Waals surface area contributed by atoms with E-state index >= 15 is 0 Å². The molecule has 2 fully saturated rings. The molecule has 0 aliphatic carbocycles. The average Bonchev–Trinajstić information content (AvgIpc) is 2.80. The topological polar surface area (TPSA) is 35.6 Å². The van der Waals surface area contributed by atoms with E-state index in [1.54, 1.807) is 6.07 Å². The molecule has 166 valence electrons. The zero-order valence-corrected chi connectivity index (χ0v) is 18.9. The maximum Gasteiger partial charge on any atom is 0.224 e. The largest absolute Gasteiger partial charge is 0.371 e. The van der Waals surface area contributed by atoms with E-state index in [1.807, 2.05) is 6.07 Å². The van der Waals surface area contributed by atoms with E-state index < -0.39 is 0 Å². The normalized spacial score (nSPS) is 18.2. The standard InChI is InChI=1S/C25H32FN3OS/c26-22-3-1-2-20(18-22)8-11-27-25(30)19-21-4-6-23(7-5-21)28-12-9-24(10-13-28)29-14-16-31-17-15-29/h1-7,18,24H,8-17,19H2,(H,27,30). The Morgan fingerprint density at radius 2 is 1.74 bits per heavy atom. The molecule has 6 heteroatoms. The number of piperidine rings is 1. The van der Waals surface area contributed by atoms with Gasteiger partial charge in [-0.1, -0.05) is 24.3 Å². The summed E-state index contributed by atoms with van der Waals surface area (Å²) >= 11 is 2.07. The molecule has 0 radical (unpaired) electrons. The Balaban J connectivity index is 1.20. The lowest BCUT2D eigenvalue weighted by molar-refractivity contribution is -0.120. The molecule has 0 saturated carbocycles. The Labute approximate surface area is 189 Å². The second-order valence-electron chi connectivity index (χ2n) is 8.44. The van der Waals surface area contributed by atoms with Crippen molar-refractivity contribution in [2.24, 2.45) is 0 Å². The SMILES string of the molecule is O=C(Cc1ccc(N2CCC(N3CCSCC3)CC2)cc1)NCCc1cccc(F)c1. The van der Waals surface area contributed by atoms with Gasteiger partial charge in [-0.15, -0.1) is 0 Å². The molecule has 0 spiro atoms. The van der Waals surface area contributed by atoms with Crippen LogP contribution in [0.1, 0.15) is 24.0 Å². The Morgan fingerprint density at radius 1 is 1.00 bits per heavy atom. The third-order valence-corrected chi connectivity index (χ3v) is 7.26. The predicted molar refractivity (Wildman–Crippen MR) is 127 cm³/mol. The highest BCUT2D eigenvalue weighted by atomic mass is 32.2. The molecule has 2 aromatic rings. The summed E-state index contributed by atoms with van der Waals surface area (Å²) in [5, 5.41) is 2.94. The molecule has 0 unspecified atom stereocenters. The minimum Gasteiger partial charge on any atom is -0.371 e. The lowest BCUT2D eigenvalue weighted by atomic mass is 10.0. The van der Waals surface area contributed by atoms with Crippen LogP contribution in [0.2, 0.25) is 0 Å². The number of benzene rings is 2. The van der Waals surface area contributed by atoms with Gasteiger partial charge in [0.15, 0.2) is 0 Å². The van der Waals surface area contributed by atoms with Crippen LogP contribution in [0.15, 0.2) is 48.5 Å². The van der Waals surface area contributed by atoms with Gasteiger partial charge in [0.25, 0.3) is 0 Å². The first-order valence-electron chi connectivity index (χ1n) is 11.3. The van der Waals surface area contributed by atoms with Gasteiger partial charge in [0.05, 0.1) is 6.42 Å². The fourth-order valence-electron chi connectivity index (χ4n) is 4.54. The Hall–Kier alpha value is -2.05. The van der Waals surface area contributed by atoms with Gasteiger partial charge in [0.1, 0.15) is 5.82 Å².